The number of nitrogens with one attached hydrogen (secondary N) is 2. The van der Waals surface area contributed by atoms with Gasteiger partial charge in [0.05, 0.1) is 16.2 Å². The molecule has 0 radical (unpaired) electrons. The molecule has 0 aliphatic carbocycles. The van der Waals surface area contributed by atoms with Gasteiger partial charge in [0.2, 0.25) is 0 Å². The lowest BCUT2D eigenvalue weighted by atomic mass is 10.2. The van der Waals surface area contributed by atoms with Crippen LogP contribution in [0.15, 0.2) is 30.6 Å². The molecule has 2 aromatic heterocycles. The van der Waals surface area contributed by atoms with Crippen molar-refractivity contribution in [1.29, 1.82) is 0 Å². The van der Waals surface area contributed by atoms with Gasteiger partial charge >= 0.3 is 0 Å². The lowest BCUT2D eigenvalue weighted by Gasteiger charge is -1.96. The van der Waals surface area contributed by atoms with Crippen LogP contribution in [0.25, 0.3) is 22.4 Å². The van der Waals surface area contributed by atoms with Gasteiger partial charge in [0.1, 0.15) is 0 Å². The molecular formula is C11H9ClN4. The van der Waals surface area contributed by atoms with Gasteiger partial charge in [0.25, 0.3) is 0 Å². The van der Waals surface area contributed by atoms with Gasteiger partial charge in [0.15, 0.2) is 5.82 Å². The molecule has 3 rings (SSSR count). The molecule has 0 saturated heterocycles. The quantitative estimate of drug-likeness (QED) is 0.565. The highest BCUT2D eigenvalue weighted by Gasteiger charge is 2.09. The number of imidazole rings is 1. The monoisotopic (exact) mass is 232 g/mol. The molecule has 0 amide bonds. The van der Waals surface area contributed by atoms with E-state index in [2.05, 4.69) is 15.0 Å². The van der Waals surface area contributed by atoms with E-state index in [4.69, 9.17) is 17.3 Å². The Kier molecular flexibility index (Phi) is 1.91. The van der Waals surface area contributed by atoms with Crippen LogP contribution in [0.3, 0.4) is 0 Å². The van der Waals surface area contributed by atoms with E-state index in [-0.39, 0.29) is 0 Å². The Bertz CT molecular complexity index is 600. The normalized spacial score (nSPS) is 11.1. The first-order chi connectivity index (χ1) is 7.75. The number of nitrogen functional groups attached to an aromatic ring is 1. The SMILES string of the molecule is Nc1ccc(Cl)c2[nH]c(-c3ncc[nH]3)cc12. The molecule has 0 spiro atoms. The molecule has 0 aliphatic rings. The summed E-state index contributed by atoms with van der Waals surface area (Å²) in [6, 6.07) is 5.52. The Morgan fingerprint density at radius 2 is 2.19 bits per heavy atom. The van der Waals surface area contributed by atoms with Gasteiger partial charge in [-0.15, -0.1) is 0 Å². The zero-order valence-corrected chi connectivity index (χ0v) is 9.05. The van der Waals surface area contributed by atoms with Gasteiger partial charge in [-0.2, -0.15) is 0 Å². The number of H-pyrrole nitrogens is 2. The maximum absolute atomic E-state index is 6.09. The molecule has 80 valence electrons. The van der Waals surface area contributed by atoms with Crippen LogP contribution < -0.4 is 5.73 Å². The molecule has 0 unspecified atom stereocenters. The van der Waals surface area contributed by atoms with Crippen LogP contribution in [0.5, 0.6) is 0 Å². The molecular weight excluding hydrogens is 224 g/mol. The number of hydrogen-bond donors (Lipinski definition) is 3. The summed E-state index contributed by atoms with van der Waals surface area (Å²) in [5.74, 6) is 0.770. The van der Waals surface area contributed by atoms with Crippen molar-refractivity contribution in [2.75, 3.05) is 5.73 Å². The van der Waals surface area contributed by atoms with Crippen molar-refractivity contribution in [3.8, 4) is 11.5 Å². The van der Waals surface area contributed by atoms with E-state index < -0.39 is 0 Å². The van der Waals surface area contributed by atoms with Gasteiger partial charge in [-0.1, -0.05) is 11.6 Å². The number of aromatic amines is 2. The van der Waals surface area contributed by atoms with E-state index in [1.165, 1.54) is 0 Å². The second-order valence-electron chi connectivity index (χ2n) is 3.55. The molecule has 3 aromatic rings. The standard InChI is InChI=1S/C11H9ClN4/c12-7-1-2-8(13)6-5-9(16-10(6)7)11-14-3-4-15-11/h1-5,16H,13H2,(H,14,15). The molecule has 5 heteroatoms. The van der Waals surface area contributed by atoms with E-state index >= 15 is 0 Å². The van der Waals surface area contributed by atoms with Gasteiger partial charge in [-0.05, 0) is 18.2 Å². The fourth-order valence-electron chi connectivity index (χ4n) is 1.75. The van der Waals surface area contributed by atoms with Crippen molar-refractivity contribution in [2.24, 2.45) is 0 Å². The summed E-state index contributed by atoms with van der Waals surface area (Å²) in [6.07, 6.45) is 3.47. The third kappa shape index (κ3) is 1.27. The predicted octanol–water partition coefficient (Wildman–Crippen LogP) is 2.79. The Balaban J connectivity index is 2.31. The Labute approximate surface area is 96.5 Å². The highest BCUT2D eigenvalue weighted by atomic mass is 35.5. The van der Waals surface area contributed by atoms with Gasteiger partial charge in [0, 0.05) is 23.5 Å². The minimum Gasteiger partial charge on any atom is -0.398 e. The smallest absolute Gasteiger partial charge is 0.153 e. The summed E-state index contributed by atoms with van der Waals surface area (Å²) in [6.45, 7) is 0. The Morgan fingerprint density at radius 3 is 2.88 bits per heavy atom. The van der Waals surface area contributed by atoms with Crippen LogP contribution in [0.2, 0.25) is 5.02 Å². The van der Waals surface area contributed by atoms with Crippen molar-refractivity contribution >= 4 is 28.2 Å². The largest absolute Gasteiger partial charge is 0.398 e. The summed E-state index contributed by atoms with van der Waals surface area (Å²) in [4.78, 5) is 10.4. The minimum absolute atomic E-state index is 0.655. The van der Waals surface area contributed by atoms with Crippen LogP contribution in [-0.2, 0) is 0 Å². The predicted molar refractivity (Wildman–Crippen MR) is 65.3 cm³/mol. The zero-order valence-electron chi connectivity index (χ0n) is 8.29. The molecule has 1 aromatic carbocycles. The number of halogens is 1. The number of rotatable bonds is 1. The van der Waals surface area contributed by atoms with E-state index in [9.17, 15) is 0 Å². The van der Waals surface area contributed by atoms with Crippen LogP contribution in [0, 0.1) is 0 Å². The number of nitrogens with two attached hydrogens (primary N) is 1. The average Bonchev–Trinajstić information content (AvgIpc) is 2.90. The highest BCUT2D eigenvalue weighted by molar-refractivity contribution is 6.35. The Morgan fingerprint density at radius 1 is 1.31 bits per heavy atom. The van der Waals surface area contributed by atoms with Gasteiger partial charge in [-0.25, -0.2) is 4.98 Å². The second kappa shape index (κ2) is 3.28. The number of hydrogen-bond acceptors (Lipinski definition) is 2. The average molecular weight is 233 g/mol. The molecule has 0 bridgehead atoms. The lowest BCUT2D eigenvalue weighted by Crippen LogP contribution is -1.84. The molecule has 4 N–H and O–H groups in total. The fraction of sp³-hybridized carbons (Fsp3) is 0. The number of anilines is 1. The first kappa shape index (κ1) is 9.30. The maximum Gasteiger partial charge on any atom is 0.153 e. The van der Waals surface area contributed by atoms with Crippen LogP contribution >= 0.6 is 11.6 Å². The van der Waals surface area contributed by atoms with Crippen LogP contribution in [0.1, 0.15) is 0 Å². The molecule has 0 saturated carbocycles. The first-order valence-corrected chi connectivity index (χ1v) is 5.20. The second-order valence-corrected chi connectivity index (χ2v) is 3.95. The molecule has 16 heavy (non-hydrogen) atoms. The van der Waals surface area contributed by atoms with Crippen molar-refractivity contribution in [1.82, 2.24) is 15.0 Å². The van der Waals surface area contributed by atoms with Crippen LogP contribution in [0.4, 0.5) is 5.69 Å². The van der Waals surface area contributed by atoms with Gasteiger partial charge < -0.3 is 15.7 Å². The van der Waals surface area contributed by atoms with Crippen LogP contribution in [-0.4, -0.2) is 15.0 Å². The third-order valence-corrected chi connectivity index (χ3v) is 2.85. The molecule has 2 heterocycles. The van der Waals surface area contributed by atoms with E-state index in [1.54, 1.807) is 24.5 Å². The molecule has 0 aliphatic heterocycles. The number of benzene rings is 1. The number of fused-ring (bicyclic) bond motifs is 1. The zero-order chi connectivity index (χ0) is 11.1. The van der Waals surface area contributed by atoms with E-state index in [0.29, 0.717) is 10.7 Å². The van der Waals surface area contributed by atoms with E-state index in [0.717, 1.165) is 22.4 Å². The third-order valence-electron chi connectivity index (χ3n) is 2.53. The molecule has 0 fully saturated rings. The van der Waals surface area contributed by atoms with Crippen molar-refractivity contribution in [3.05, 3.63) is 35.6 Å². The number of aromatic nitrogens is 3. The van der Waals surface area contributed by atoms with E-state index in [1.807, 2.05) is 6.07 Å². The Hall–Kier alpha value is -1.94. The summed E-state index contributed by atoms with van der Waals surface area (Å²) in [5.41, 5.74) is 8.30. The fourth-order valence-corrected chi connectivity index (χ4v) is 1.96. The van der Waals surface area contributed by atoms with Crippen molar-refractivity contribution < 1.29 is 0 Å². The summed E-state index contributed by atoms with van der Waals surface area (Å²) in [7, 11) is 0. The maximum atomic E-state index is 6.09. The summed E-state index contributed by atoms with van der Waals surface area (Å²) < 4.78 is 0. The number of nitrogens with zero attached hydrogens (tertiary/aromatic N) is 1. The highest BCUT2D eigenvalue weighted by Crippen LogP contribution is 2.31. The first-order valence-electron chi connectivity index (χ1n) is 4.82. The van der Waals surface area contributed by atoms with Crippen molar-refractivity contribution in [2.45, 2.75) is 0 Å². The summed E-state index contributed by atoms with van der Waals surface area (Å²) >= 11 is 6.09. The van der Waals surface area contributed by atoms with Crippen molar-refractivity contribution in [3.63, 3.8) is 0 Å². The molecule has 0 atom stereocenters. The molecule has 4 nitrogen and oxygen atoms in total. The minimum atomic E-state index is 0.655. The lowest BCUT2D eigenvalue weighted by molar-refractivity contribution is 1.27. The topological polar surface area (TPSA) is 70.5 Å². The summed E-state index contributed by atoms with van der Waals surface area (Å²) in [5, 5.41) is 1.57. The van der Waals surface area contributed by atoms with Gasteiger partial charge in [-0.3, -0.25) is 0 Å².